The maximum Gasteiger partial charge on any atom is 0.220 e. The van der Waals surface area contributed by atoms with Crippen LogP contribution in [0, 0.1) is 0 Å². The number of rotatable bonds is 59. The van der Waals surface area contributed by atoms with Crippen molar-refractivity contribution in [3.63, 3.8) is 0 Å². The van der Waals surface area contributed by atoms with Gasteiger partial charge in [0.15, 0.2) is 18.9 Å². The number of nitrogens with one attached hydrogen (secondary N) is 1. The summed E-state index contributed by atoms with van der Waals surface area (Å²) in [5.74, 6) is -0.275. The molecule has 0 aliphatic carbocycles. The number of unbranched alkanes of at least 4 members (excludes halogenated alkanes) is 35. The average molecular weight is 1350 g/mol. The van der Waals surface area contributed by atoms with Crippen molar-refractivity contribution in [2.24, 2.45) is 0 Å². The van der Waals surface area contributed by atoms with E-state index in [-0.39, 0.29) is 18.9 Å². The lowest BCUT2D eigenvalue weighted by atomic mass is 9.96. The molecule has 1 amide bonds. The molecule has 12 N–H and O–H groups in total. The molecule has 95 heavy (non-hydrogen) atoms. The van der Waals surface area contributed by atoms with E-state index in [0.717, 1.165) is 77.0 Å². The Balaban J connectivity index is 1.40. The number of hydrogen-bond acceptors (Lipinski definition) is 18. The maximum absolute atomic E-state index is 13.5. The molecule has 17 unspecified atom stereocenters. The molecule has 19 heteroatoms. The molecule has 3 fully saturated rings. The van der Waals surface area contributed by atoms with E-state index in [4.69, 9.17) is 28.4 Å². The third-order valence-corrected chi connectivity index (χ3v) is 18.8. The number of carbonyl (C=O) groups is 1. The van der Waals surface area contributed by atoms with E-state index in [0.29, 0.717) is 6.42 Å². The molecular weight excluding hydrogens is 1210 g/mol. The number of allylic oxidation sites excluding steroid dienone is 9. The quantitative estimate of drug-likeness (QED) is 0.0199. The fourth-order valence-corrected chi connectivity index (χ4v) is 12.7. The largest absolute Gasteiger partial charge is 0.394 e. The minimum atomic E-state index is -1.98. The van der Waals surface area contributed by atoms with E-state index in [9.17, 15) is 61.0 Å². The molecule has 3 saturated heterocycles. The monoisotopic (exact) mass is 1350 g/mol. The van der Waals surface area contributed by atoms with Crippen LogP contribution in [0.2, 0.25) is 0 Å². The summed E-state index contributed by atoms with van der Waals surface area (Å²) >= 11 is 0. The molecule has 3 aliphatic heterocycles. The number of aliphatic hydroxyl groups excluding tert-OH is 11. The number of ether oxygens (including phenoxy) is 6. The van der Waals surface area contributed by atoms with Crippen LogP contribution in [0.1, 0.15) is 284 Å². The van der Waals surface area contributed by atoms with Crippen LogP contribution < -0.4 is 5.32 Å². The van der Waals surface area contributed by atoms with Crippen molar-refractivity contribution in [3.05, 3.63) is 60.8 Å². The van der Waals surface area contributed by atoms with Crippen LogP contribution in [0.5, 0.6) is 0 Å². The summed E-state index contributed by atoms with van der Waals surface area (Å²) in [6.45, 7) is 1.65. The molecule has 0 aromatic rings. The first-order valence-corrected chi connectivity index (χ1v) is 38.0. The summed E-state index contributed by atoms with van der Waals surface area (Å²) in [4.78, 5) is 13.5. The van der Waals surface area contributed by atoms with E-state index in [1.54, 1.807) is 6.08 Å². The summed E-state index contributed by atoms with van der Waals surface area (Å²) in [6.07, 6.45) is 44.8. The molecule has 3 aliphatic rings. The highest BCUT2D eigenvalue weighted by Gasteiger charge is 2.53. The summed E-state index contributed by atoms with van der Waals surface area (Å²) < 4.78 is 34.4. The van der Waals surface area contributed by atoms with Crippen LogP contribution in [-0.4, -0.2) is 193 Å². The molecule has 0 aromatic heterocycles. The van der Waals surface area contributed by atoms with Gasteiger partial charge in [-0.1, -0.05) is 280 Å². The minimum Gasteiger partial charge on any atom is -0.394 e. The Morgan fingerprint density at radius 1 is 0.389 bits per heavy atom. The van der Waals surface area contributed by atoms with Crippen molar-refractivity contribution in [1.82, 2.24) is 5.32 Å². The highest BCUT2D eigenvalue weighted by Crippen LogP contribution is 2.33. The standard InChI is InChI=1S/C76H137NO18/c1-3-5-7-9-11-13-15-17-19-21-23-25-27-28-29-30-32-34-36-38-40-42-44-46-48-50-52-54-64(82)77-59(60(81)53-51-49-47-45-43-41-39-37-35-33-31-26-24-22-20-18-16-14-12-10-8-6-4-2)58-90-74-70(88)67(85)72(62(56-79)92-74)95-76-71(89)68(86)73(63(57-80)93-76)94-75-69(87)66(84)65(83)61(55-78)91-75/h5,7,11,13,17,19,23,25,51,53,59-63,65-76,78-81,83-89H,3-4,6,8-10,12,14-16,18,20-22,24,26-50,52,54-58H2,1-2H3,(H,77,82)/b7-5-,13-11-,19-17-,25-23-,53-51+. The fourth-order valence-electron chi connectivity index (χ4n) is 12.7. The van der Waals surface area contributed by atoms with E-state index in [1.807, 2.05) is 6.08 Å². The van der Waals surface area contributed by atoms with Gasteiger partial charge >= 0.3 is 0 Å². The highest BCUT2D eigenvalue weighted by molar-refractivity contribution is 5.76. The van der Waals surface area contributed by atoms with Crippen LogP contribution in [0.15, 0.2) is 60.8 Å². The lowest BCUT2D eigenvalue weighted by Crippen LogP contribution is -2.66. The van der Waals surface area contributed by atoms with Gasteiger partial charge in [0.2, 0.25) is 5.91 Å². The van der Waals surface area contributed by atoms with Gasteiger partial charge in [0.1, 0.15) is 73.2 Å². The van der Waals surface area contributed by atoms with Crippen LogP contribution in [-0.2, 0) is 33.2 Å². The summed E-state index contributed by atoms with van der Waals surface area (Å²) in [5.41, 5.74) is 0. The summed E-state index contributed by atoms with van der Waals surface area (Å²) in [7, 11) is 0. The van der Waals surface area contributed by atoms with E-state index >= 15 is 0 Å². The second kappa shape index (κ2) is 57.2. The number of aliphatic hydroxyl groups is 11. The molecule has 3 rings (SSSR count). The van der Waals surface area contributed by atoms with Crippen LogP contribution in [0.25, 0.3) is 0 Å². The Hall–Kier alpha value is -2.51. The number of amides is 1. The van der Waals surface area contributed by atoms with Gasteiger partial charge in [0, 0.05) is 6.42 Å². The summed E-state index contributed by atoms with van der Waals surface area (Å²) in [6, 6.07) is -0.976. The molecule has 0 bridgehead atoms. The second-order valence-electron chi connectivity index (χ2n) is 27.1. The van der Waals surface area contributed by atoms with Gasteiger partial charge in [0.05, 0.1) is 38.6 Å². The van der Waals surface area contributed by atoms with Crippen molar-refractivity contribution >= 4 is 5.91 Å². The second-order valence-corrected chi connectivity index (χ2v) is 27.1. The first-order valence-electron chi connectivity index (χ1n) is 38.0. The van der Waals surface area contributed by atoms with Crippen LogP contribution >= 0.6 is 0 Å². The highest BCUT2D eigenvalue weighted by atomic mass is 16.8. The smallest absolute Gasteiger partial charge is 0.220 e. The SMILES string of the molecule is CC/C=C\C/C=C\C/C=C\C/C=C\CCCCCCCCCCCCCCCCC(=O)NC(COC1OC(CO)C(OC2OC(CO)C(OC3OC(CO)C(O)C(O)C3O)C(O)C2O)C(O)C1O)C(O)/C=C/CCCCCCCCCCCCCCCCCCCCCCC. The molecule has 3 heterocycles. The Morgan fingerprint density at radius 2 is 0.726 bits per heavy atom. The van der Waals surface area contributed by atoms with Crippen molar-refractivity contribution < 1.29 is 89.4 Å². The third kappa shape index (κ3) is 38.2. The van der Waals surface area contributed by atoms with Gasteiger partial charge in [-0.15, -0.1) is 0 Å². The van der Waals surface area contributed by atoms with Crippen molar-refractivity contribution in [1.29, 1.82) is 0 Å². The van der Waals surface area contributed by atoms with Crippen molar-refractivity contribution in [3.8, 4) is 0 Å². The van der Waals surface area contributed by atoms with Gasteiger partial charge < -0.3 is 89.9 Å². The fraction of sp³-hybridized carbons (Fsp3) is 0.855. The average Bonchev–Trinajstić information content (AvgIpc) is 0.787. The zero-order chi connectivity index (χ0) is 68.9. The maximum atomic E-state index is 13.5. The van der Waals surface area contributed by atoms with Gasteiger partial charge in [0.25, 0.3) is 0 Å². The third-order valence-electron chi connectivity index (χ3n) is 18.8. The molecular formula is C76H137NO18. The molecule has 0 saturated carbocycles. The normalized spacial score (nSPS) is 27.5. The van der Waals surface area contributed by atoms with E-state index in [2.05, 4.69) is 67.8 Å². The van der Waals surface area contributed by atoms with Crippen molar-refractivity contribution in [2.75, 3.05) is 26.4 Å². The lowest BCUT2D eigenvalue weighted by molar-refractivity contribution is -0.379. The molecule has 0 radical (unpaired) electrons. The predicted octanol–water partition coefficient (Wildman–Crippen LogP) is 11.5. The lowest BCUT2D eigenvalue weighted by Gasteiger charge is -2.48. The predicted molar refractivity (Wildman–Crippen MR) is 374 cm³/mol. The Bertz CT molecular complexity index is 1950. The molecule has 554 valence electrons. The summed E-state index contributed by atoms with van der Waals surface area (Å²) in [5, 5.41) is 121. The molecule has 19 nitrogen and oxygen atoms in total. The number of carbonyl (C=O) groups excluding carboxylic acids is 1. The van der Waals surface area contributed by atoms with Gasteiger partial charge in [-0.3, -0.25) is 4.79 Å². The van der Waals surface area contributed by atoms with Gasteiger partial charge in [-0.05, 0) is 57.8 Å². The molecule has 0 spiro atoms. The minimum absolute atomic E-state index is 0.241. The Kier molecular flexibility index (Phi) is 52.2. The van der Waals surface area contributed by atoms with Crippen molar-refractivity contribution in [2.45, 2.75) is 388 Å². The van der Waals surface area contributed by atoms with E-state index in [1.165, 1.54) is 180 Å². The molecule has 0 aromatic carbocycles. The Morgan fingerprint density at radius 3 is 1.14 bits per heavy atom. The topological polar surface area (TPSA) is 307 Å². The molecule has 17 atom stereocenters. The first kappa shape index (κ1) is 86.7. The van der Waals surface area contributed by atoms with Gasteiger partial charge in [-0.2, -0.15) is 0 Å². The first-order chi connectivity index (χ1) is 46.3. The van der Waals surface area contributed by atoms with Crippen LogP contribution in [0.4, 0.5) is 0 Å². The Labute approximate surface area is 573 Å². The van der Waals surface area contributed by atoms with Gasteiger partial charge in [-0.25, -0.2) is 0 Å². The number of hydrogen-bond donors (Lipinski definition) is 12. The zero-order valence-corrected chi connectivity index (χ0v) is 58.9. The zero-order valence-electron chi connectivity index (χ0n) is 58.9. The van der Waals surface area contributed by atoms with Crippen LogP contribution in [0.3, 0.4) is 0 Å². The van der Waals surface area contributed by atoms with E-state index < -0.39 is 124 Å².